The van der Waals surface area contributed by atoms with Crippen molar-refractivity contribution in [2.75, 3.05) is 7.11 Å². The maximum absolute atomic E-state index is 6.01. The Balaban J connectivity index is 2.03. The van der Waals surface area contributed by atoms with Crippen molar-refractivity contribution in [1.82, 2.24) is 0 Å². The number of benzene rings is 2. The third-order valence-electron chi connectivity index (χ3n) is 2.97. The van der Waals surface area contributed by atoms with Crippen molar-refractivity contribution in [3.63, 3.8) is 0 Å². The monoisotopic (exact) mass is 300 g/mol. The number of nitrogens with two attached hydrogens (primary N) is 1. The van der Waals surface area contributed by atoms with Gasteiger partial charge in [0, 0.05) is 5.75 Å². The van der Waals surface area contributed by atoms with E-state index in [-0.39, 0.29) is 0 Å². The second-order valence-electron chi connectivity index (χ2n) is 4.94. The van der Waals surface area contributed by atoms with Crippen LogP contribution in [0, 0.1) is 13.8 Å². The Bertz CT molecular complexity index is 633. The lowest BCUT2D eigenvalue weighted by Gasteiger charge is -2.05. The summed E-state index contributed by atoms with van der Waals surface area (Å²) >= 11 is 1.53. The number of thioether (sulfide) groups is 1. The Morgan fingerprint density at radius 1 is 1.14 bits per heavy atom. The normalized spacial score (nSPS) is 11.5. The van der Waals surface area contributed by atoms with Gasteiger partial charge in [-0.15, -0.1) is 0 Å². The average Bonchev–Trinajstić information content (AvgIpc) is 2.44. The van der Waals surface area contributed by atoms with E-state index in [1.165, 1.54) is 22.9 Å². The van der Waals surface area contributed by atoms with Crippen molar-refractivity contribution in [3.05, 3.63) is 59.2 Å². The molecule has 0 aliphatic heterocycles. The smallest absolute Gasteiger partial charge is 0.159 e. The molecule has 3 nitrogen and oxygen atoms in total. The van der Waals surface area contributed by atoms with Crippen LogP contribution in [0.2, 0.25) is 0 Å². The fraction of sp³-hybridized carbons (Fsp3) is 0.235. The van der Waals surface area contributed by atoms with Crippen molar-refractivity contribution in [1.29, 1.82) is 0 Å². The Labute approximate surface area is 130 Å². The maximum Gasteiger partial charge on any atom is 0.159 e. The minimum Gasteiger partial charge on any atom is -0.497 e. The second kappa shape index (κ2) is 7.18. The molecule has 0 atom stereocenters. The molecular formula is C17H20N2OS. The van der Waals surface area contributed by atoms with Gasteiger partial charge in [0.05, 0.1) is 12.8 Å². The van der Waals surface area contributed by atoms with Crippen LogP contribution in [-0.4, -0.2) is 12.3 Å². The SMILES string of the molecule is COc1cccc(CSC(N)=Nc2cc(C)cc(C)c2)c1. The highest BCUT2D eigenvalue weighted by atomic mass is 32.2. The van der Waals surface area contributed by atoms with Crippen molar-refractivity contribution < 1.29 is 4.74 Å². The number of nitrogens with zero attached hydrogens (tertiary/aromatic N) is 1. The molecule has 0 radical (unpaired) electrons. The van der Waals surface area contributed by atoms with Crippen LogP contribution in [0.15, 0.2) is 47.5 Å². The number of ether oxygens (including phenoxy) is 1. The highest BCUT2D eigenvalue weighted by Gasteiger charge is 2.00. The summed E-state index contributed by atoms with van der Waals surface area (Å²) in [7, 11) is 1.67. The first-order valence-electron chi connectivity index (χ1n) is 6.75. The van der Waals surface area contributed by atoms with E-state index >= 15 is 0 Å². The van der Waals surface area contributed by atoms with Crippen LogP contribution in [0.25, 0.3) is 0 Å². The van der Waals surface area contributed by atoms with Crippen LogP contribution >= 0.6 is 11.8 Å². The lowest BCUT2D eigenvalue weighted by Crippen LogP contribution is -2.06. The molecule has 0 bridgehead atoms. The topological polar surface area (TPSA) is 47.6 Å². The molecule has 2 N–H and O–H groups in total. The number of aryl methyl sites for hydroxylation is 2. The van der Waals surface area contributed by atoms with Crippen molar-refractivity contribution >= 4 is 22.6 Å². The summed E-state index contributed by atoms with van der Waals surface area (Å²) < 4.78 is 5.21. The first-order chi connectivity index (χ1) is 10.1. The number of methoxy groups -OCH3 is 1. The van der Waals surface area contributed by atoms with Crippen LogP contribution in [0.5, 0.6) is 5.75 Å². The predicted molar refractivity (Wildman–Crippen MR) is 91.5 cm³/mol. The largest absolute Gasteiger partial charge is 0.497 e. The molecule has 0 saturated heterocycles. The summed E-state index contributed by atoms with van der Waals surface area (Å²) in [4.78, 5) is 4.46. The van der Waals surface area contributed by atoms with Crippen LogP contribution < -0.4 is 10.5 Å². The molecule has 110 valence electrons. The molecule has 0 saturated carbocycles. The van der Waals surface area contributed by atoms with E-state index in [1.54, 1.807) is 7.11 Å². The summed E-state index contributed by atoms with van der Waals surface area (Å²) in [5, 5.41) is 0.572. The highest BCUT2D eigenvalue weighted by molar-refractivity contribution is 8.13. The Morgan fingerprint density at radius 2 is 1.86 bits per heavy atom. The fourth-order valence-electron chi connectivity index (χ4n) is 2.09. The molecule has 2 aromatic rings. The van der Waals surface area contributed by atoms with E-state index in [9.17, 15) is 0 Å². The van der Waals surface area contributed by atoms with Gasteiger partial charge >= 0.3 is 0 Å². The minimum absolute atomic E-state index is 0.572. The van der Waals surface area contributed by atoms with E-state index in [1.807, 2.05) is 30.3 Å². The van der Waals surface area contributed by atoms with Gasteiger partial charge in [-0.3, -0.25) is 0 Å². The third-order valence-corrected chi connectivity index (χ3v) is 3.83. The number of hydrogen-bond acceptors (Lipinski definition) is 3. The van der Waals surface area contributed by atoms with Crippen molar-refractivity contribution in [3.8, 4) is 5.75 Å². The van der Waals surface area contributed by atoms with Gasteiger partial charge in [-0.2, -0.15) is 0 Å². The van der Waals surface area contributed by atoms with Crippen LogP contribution in [-0.2, 0) is 5.75 Å². The van der Waals surface area contributed by atoms with E-state index < -0.39 is 0 Å². The summed E-state index contributed by atoms with van der Waals surface area (Å²) in [6, 6.07) is 14.2. The summed E-state index contributed by atoms with van der Waals surface area (Å²) in [5.74, 6) is 1.63. The zero-order valence-corrected chi connectivity index (χ0v) is 13.4. The molecule has 0 aromatic heterocycles. The number of hydrogen-bond donors (Lipinski definition) is 1. The van der Waals surface area contributed by atoms with E-state index in [2.05, 4.69) is 31.0 Å². The van der Waals surface area contributed by atoms with Gasteiger partial charge in [0.2, 0.25) is 0 Å². The molecule has 4 heteroatoms. The van der Waals surface area contributed by atoms with Gasteiger partial charge in [0.15, 0.2) is 5.17 Å². The average molecular weight is 300 g/mol. The third kappa shape index (κ3) is 4.83. The van der Waals surface area contributed by atoms with Gasteiger partial charge in [0.25, 0.3) is 0 Å². The Kier molecular flexibility index (Phi) is 5.28. The number of rotatable bonds is 4. The van der Waals surface area contributed by atoms with Gasteiger partial charge in [-0.05, 0) is 54.8 Å². The van der Waals surface area contributed by atoms with Crippen LogP contribution in [0.4, 0.5) is 5.69 Å². The molecule has 0 fully saturated rings. The van der Waals surface area contributed by atoms with Gasteiger partial charge < -0.3 is 10.5 Å². The fourth-order valence-corrected chi connectivity index (χ4v) is 2.76. The molecule has 0 unspecified atom stereocenters. The molecule has 0 aliphatic carbocycles. The lowest BCUT2D eigenvalue weighted by atomic mass is 10.1. The molecular weight excluding hydrogens is 280 g/mol. The van der Waals surface area contributed by atoms with Gasteiger partial charge in [-0.1, -0.05) is 30.0 Å². The molecule has 0 heterocycles. The highest BCUT2D eigenvalue weighted by Crippen LogP contribution is 2.21. The molecule has 21 heavy (non-hydrogen) atoms. The zero-order chi connectivity index (χ0) is 15.2. The Hall–Kier alpha value is -1.94. The summed E-state index contributed by atoms with van der Waals surface area (Å²) in [5.41, 5.74) is 10.5. The maximum atomic E-state index is 6.01. The summed E-state index contributed by atoms with van der Waals surface area (Å²) in [6.07, 6.45) is 0. The Morgan fingerprint density at radius 3 is 2.52 bits per heavy atom. The van der Waals surface area contributed by atoms with Crippen molar-refractivity contribution in [2.24, 2.45) is 10.7 Å². The second-order valence-corrected chi connectivity index (χ2v) is 5.93. The summed E-state index contributed by atoms with van der Waals surface area (Å²) in [6.45, 7) is 4.12. The molecule has 0 spiro atoms. The molecule has 0 aliphatic rings. The standard InChI is InChI=1S/C17H20N2OS/c1-12-7-13(2)9-15(8-12)19-17(18)21-11-14-5-4-6-16(10-14)20-3/h4-10H,11H2,1-3H3,(H2,18,19). The molecule has 0 amide bonds. The van der Waals surface area contributed by atoms with Crippen molar-refractivity contribution in [2.45, 2.75) is 19.6 Å². The number of aliphatic imine (C=N–C) groups is 1. The van der Waals surface area contributed by atoms with E-state index in [4.69, 9.17) is 10.5 Å². The quantitative estimate of drug-likeness (QED) is 0.680. The van der Waals surface area contributed by atoms with Gasteiger partial charge in [-0.25, -0.2) is 4.99 Å². The number of amidine groups is 1. The van der Waals surface area contributed by atoms with E-state index in [0.717, 1.165) is 22.8 Å². The first-order valence-corrected chi connectivity index (χ1v) is 7.73. The van der Waals surface area contributed by atoms with Crippen LogP contribution in [0.1, 0.15) is 16.7 Å². The zero-order valence-electron chi connectivity index (χ0n) is 12.6. The molecule has 2 aromatic carbocycles. The first kappa shape index (κ1) is 15.4. The minimum atomic E-state index is 0.572. The van der Waals surface area contributed by atoms with Crippen LogP contribution in [0.3, 0.4) is 0 Å². The predicted octanol–water partition coefficient (Wildman–Crippen LogP) is 4.19. The van der Waals surface area contributed by atoms with E-state index in [0.29, 0.717) is 5.17 Å². The molecule has 2 rings (SSSR count). The van der Waals surface area contributed by atoms with Gasteiger partial charge in [0.1, 0.15) is 5.75 Å². The lowest BCUT2D eigenvalue weighted by molar-refractivity contribution is 0.414.